The number of aliphatic hydroxyl groups is 1. The number of thiophene rings is 1. The largest absolute Gasteiger partial charge is 0.392 e. The van der Waals surface area contributed by atoms with Crippen molar-refractivity contribution >= 4 is 39.3 Å². The van der Waals surface area contributed by atoms with Crippen LogP contribution in [0.4, 0.5) is 0 Å². The van der Waals surface area contributed by atoms with Crippen LogP contribution in [0.1, 0.15) is 15.2 Å². The molecule has 1 heterocycles. The molecule has 72 valence electrons. The Morgan fingerprint density at radius 2 is 2.29 bits per heavy atom. The normalized spacial score (nSPS) is 10.7. The summed E-state index contributed by atoms with van der Waals surface area (Å²) in [5, 5.41) is 10.6. The Morgan fingerprint density at radius 1 is 1.50 bits per heavy atom. The van der Waals surface area contributed by atoms with Gasteiger partial charge in [-0.2, -0.15) is 0 Å². The first-order valence-electron chi connectivity index (χ1n) is 4.03. The van der Waals surface area contributed by atoms with Gasteiger partial charge in [0.1, 0.15) is 0 Å². The molecular weight excluding hydrogens is 220 g/mol. The Labute approximate surface area is 89.7 Å². The molecule has 4 heteroatoms. The molecule has 0 spiro atoms. The Bertz CT molecular complexity index is 490. The van der Waals surface area contributed by atoms with E-state index in [1.165, 1.54) is 11.3 Å². The number of carbonyl (C=O) groups is 1. The minimum absolute atomic E-state index is 0.131. The molecule has 0 aliphatic heterocycles. The molecule has 1 N–H and O–H groups in total. The first-order valence-corrected chi connectivity index (χ1v) is 5.22. The van der Waals surface area contributed by atoms with Crippen molar-refractivity contribution in [1.29, 1.82) is 0 Å². The molecule has 0 radical (unpaired) electrons. The highest BCUT2D eigenvalue weighted by molar-refractivity contribution is 7.20. The highest BCUT2D eigenvalue weighted by atomic mass is 35.5. The molecule has 1 aromatic heterocycles. The molecule has 0 amide bonds. The lowest BCUT2D eigenvalue weighted by molar-refractivity contribution is 0.112. The second-order valence-corrected chi connectivity index (χ2v) is 4.38. The zero-order valence-electron chi connectivity index (χ0n) is 7.16. The summed E-state index contributed by atoms with van der Waals surface area (Å²) in [5.74, 6) is 0. The molecular formula is C10H7ClO2S. The van der Waals surface area contributed by atoms with Crippen molar-refractivity contribution in [3.63, 3.8) is 0 Å². The molecule has 0 saturated carbocycles. The fourth-order valence-electron chi connectivity index (χ4n) is 1.40. The van der Waals surface area contributed by atoms with E-state index >= 15 is 0 Å². The molecule has 2 aromatic rings. The van der Waals surface area contributed by atoms with Gasteiger partial charge in [-0.15, -0.1) is 11.3 Å². The second kappa shape index (κ2) is 3.69. The molecule has 2 nitrogen and oxygen atoms in total. The Balaban J connectivity index is 2.81. The van der Waals surface area contributed by atoms with Crippen molar-refractivity contribution in [3.05, 3.63) is 33.7 Å². The summed E-state index contributed by atoms with van der Waals surface area (Å²) in [6, 6.07) is 5.40. The predicted molar refractivity (Wildman–Crippen MR) is 58.1 cm³/mol. The Kier molecular flexibility index (Phi) is 2.54. The lowest BCUT2D eigenvalue weighted by atomic mass is 10.1. The maximum atomic E-state index is 10.7. The number of aliphatic hydroxyl groups excluding tert-OH is 1. The van der Waals surface area contributed by atoms with Gasteiger partial charge in [-0.3, -0.25) is 4.79 Å². The van der Waals surface area contributed by atoms with E-state index in [4.69, 9.17) is 16.7 Å². The molecule has 2 rings (SSSR count). The van der Waals surface area contributed by atoms with E-state index in [-0.39, 0.29) is 6.61 Å². The SMILES string of the molecule is O=Cc1sc2ccc(Cl)cc2c1CO. The van der Waals surface area contributed by atoms with Crippen LogP contribution in [0.3, 0.4) is 0 Å². The van der Waals surface area contributed by atoms with Crippen LogP contribution in [0.25, 0.3) is 10.1 Å². The third kappa shape index (κ3) is 1.43. The Hall–Kier alpha value is -0.900. The average molecular weight is 227 g/mol. The van der Waals surface area contributed by atoms with Gasteiger partial charge >= 0.3 is 0 Å². The van der Waals surface area contributed by atoms with Crippen molar-refractivity contribution in [2.45, 2.75) is 6.61 Å². The van der Waals surface area contributed by atoms with Crippen molar-refractivity contribution < 1.29 is 9.90 Å². The number of benzene rings is 1. The van der Waals surface area contributed by atoms with Crippen molar-refractivity contribution in [2.75, 3.05) is 0 Å². The van der Waals surface area contributed by atoms with Crippen LogP contribution in [-0.4, -0.2) is 11.4 Å². The van der Waals surface area contributed by atoms with E-state index in [1.54, 1.807) is 12.1 Å². The summed E-state index contributed by atoms with van der Waals surface area (Å²) in [4.78, 5) is 11.3. The summed E-state index contributed by atoms with van der Waals surface area (Å²) >= 11 is 7.21. The fourth-order valence-corrected chi connectivity index (χ4v) is 2.58. The maximum Gasteiger partial charge on any atom is 0.160 e. The van der Waals surface area contributed by atoms with Gasteiger partial charge in [0.05, 0.1) is 11.5 Å². The summed E-state index contributed by atoms with van der Waals surface area (Å²) in [7, 11) is 0. The minimum atomic E-state index is -0.131. The summed E-state index contributed by atoms with van der Waals surface area (Å²) in [5.41, 5.74) is 0.669. The highest BCUT2D eigenvalue weighted by Crippen LogP contribution is 2.32. The van der Waals surface area contributed by atoms with Gasteiger partial charge in [0.2, 0.25) is 0 Å². The smallest absolute Gasteiger partial charge is 0.160 e. The van der Waals surface area contributed by atoms with Gasteiger partial charge < -0.3 is 5.11 Å². The lowest BCUT2D eigenvalue weighted by Gasteiger charge is -1.95. The van der Waals surface area contributed by atoms with E-state index in [0.29, 0.717) is 15.5 Å². The molecule has 0 unspecified atom stereocenters. The third-order valence-corrected chi connectivity index (χ3v) is 3.42. The molecule has 1 aromatic carbocycles. The number of carbonyl (C=O) groups excluding carboxylic acids is 1. The van der Waals surface area contributed by atoms with E-state index in [9.17, 15) is 4.79 Å². The van der Waals surface area contributed by atoms with Gasteiger partial charge in [0.25, 0.3) is 0 Å². The molecule has 0 aliphatic carbocycles. The second-order valence-electron chi connectivity index (χ2n) is 2.86. The first-order chi connectivity index (χ1) is 6.76. The van der Waals surface area contributed by atoms with Crippen LogP contribution >= 0.6 is 22.9 Å². The van der Waals surface area contributed by atoms with E-state index in [0.717, 1.165) is 16.4 Å². The van der Waals surface area contributed by atoms with E-state index in [1.807, 2.05) is 6.07 Å². The number of aldehydes is 1. The Morgan fingerprint density at radius 3 is 2.93 bits per heavy atom. The number of hydrogen-bond donors (Lipinski definition) is 1. The zero-order valence-corrected chi connectivity index (χ0v) is 8.73. The van der Waals surface area contributed by atoms with Crippen molar-refractivity contribution in [3.8, 4) is 0 Å². The number of fused-ring (bicyclic) bond motifs is 1. The number of halogens is 1. The maximum absolute atomic E-state index is 10.7. The number of hydrogen-bond acceptors (Lipinski definition) is 3. The van der Waals surface area contributed by atoms with Crippen molar-refractivity contribution in [2.24, 2.45) is 0 Å². The fraction of sp³-hybridized carbons (Fsp3) is 0.100. The van der Waals surface area contributed by atoms with Gasteiger partial charge in [0, 0.05) is 20.7 Å². The summed E-state index contributed by atoms with van der Waals surface area (Å²) < 4.78 is 0.973. The van der Waals surface area contributed by atoms with Gasteiger partial charge in [0.15, 0.2) is 6.29 Å². The molecule has 0 bridgehead atoms. The van der Waals surface area contributed by atoms with Crippen LogP contribution in [-0.2, 0) is 6.61 Å². The lowest BCUT2D eigenvalue weighted by Crippen LogP contribution is -1.85. The molecule has 14 heavy (non-hydrogen) atoms. The average Bonchev–Trinajstić information content (AvgIpc) is 2.54. The summed E-state index contributed by atoms with van der Waals surface area (Å²) in [6.45, 7) is -0.131. The van der Waals surface area contributed by atoms with E-state index < -0.39 is 0 Å². The molecule has 0 fully saturated rings. The van der Waals surface area contributed by atoms with Gasteiger partial charge in [-0.25, -0.2) is 0 Å². The monoisotopic (exact) mass is 226 g/mol. The quantitative estimate of drug-likeness (QED) is 0.800. The highest BCUT2D eigenvalue weighted by Gasteiger charge is 2.10. The van der Waals surface area contributed by atoms with Crippen LogP contribution in [0.5, 0.6) is 0 Å². The number of rotatable bonds is 2. The van der Waals surface area contributed by atoms with E-state index in [2.05, 4.69) is 0 Å². The van der Waals surface area contributed by atoms with Gasteiger partial charge in [-0.1, -0.05) is 11.6 Å². The van der Waals surface area contributed by atoms with Crippen LogP contribution < -0.4 is 0 Å². The summed E-state index contributed by atoms with van der Waals surface area (Å²) in [6.07, 6.45) is 0.768. The van der Waals surface area contributed by atoms with Gasteiger partial charge in [-0.05, 0) is 18.2 Å². The van der Waals surface area contributed by atoms with Crippen LogP contribution in [0.2, 0.25) is 5.02 Å². The predicted octanol–water partition coefficient (Wildman–Crippen LogP) is 2.86. The standard InChI is InChI=1S/C10H7ClO2S/c11-6-1-2-9-7(3-6)8(4-12)10(5-13)14-9/h1-3,5,12H,4H2. The first kappa shape index (κ1) is 9.65. The minimum Gasteiger partial charge on any atom is -0.392 e. The van der Waals surface area contributed by atoms with Crippen LogP contribution in [0, 0.1) is 0 Å². The van der Waals surface area contributed by atoms with Crippen molar-refractivity contribution in [1.82, 2.24) is 0 Å². The molecule has 0 atom stereocenters. The molecule has 0 aliphatic rings. The van der Waals surface area contributed by atoms with Crippen LogP contribution in [0.15, 0.2) is 18.2 Å². The third-order valence-electron chi connectivity index (χ3n) is 2.05. The topological polar surface area (TPSA) is 37.3 Å². The molecule has 0 saturated heterocycles. The zero-order chi connectivity index (χ0) is 10.1.